The first kappa shape index (κ1) is 20.5. The third kappa shape index (κ3) is 3.87. The normalized spacial score (nSPS) is 22.6. The van der Waals surface area contributed by atoms with Crippen LogP contribution >= 0.6 is 0 Å². The van der Waals surface area contributed by atoms with Gasteiger partial charge in [-0.05, 0) is 38.2 Å². The summed E-state index contributed by atoms with van der Waals surface area (Å²) in [4.78, 5) is 4.27. The van der Waals surface area contributed by atoms with Gasteiger partial charge in [0.25, 0.3) is 10.2 Å². The van der Waals surface area contributed by atoms with Crippen LogP contribution in [0.4, 0.5) is 13.2 Å². The van der Waals surface area contributed by atoms with E-state index in [2.05, 4.69) is 10.1 Å². The largest absolute Gasteiger partial charge is 0.433 e. The lowest BCUT2D eigenvalue weighted by Crippen LogP contribution is -2.46. The summed E-state index contributed by atoms with van der Waals surface area (Å²) in [5, 5.41) is 4.19. The van der Waals surface area contributed by atoms with Crippen molar-refractivity contribution >= 4 is 15.9 Å². The minimum absolute atomic E-state index is 0.145. The fraction of sp³-hybridized carbons (Fsp3) is 0.667. The Kier molecular flexibility index (Phi) is 5.32. The van der Waals surface area contributed by atoms with E-state index in [1.54, 1.807) is 13.0 Å². The van der Waals surface area contributed by atoms with E-state index in [4.69, 9.17) is 0 Å². The van der Waals surface area contributed by atoms with E-state index in [0.29, 0.717) is 50.3 Å². The maximum absolute atomic E-state index is 13.5. The molecule has 4 rings (SSSR count). The van der Waals surface area contributed by atoms with E-state index in [0.717, 1.165) is 23.4 Å². The lowest BCUT2D eigenvalue weighted by molar-refractivity contribution is -0.142. The van der Waals surface area contributed by atoms with E-state index in [1.807, 2.05) is 0 Å². The molecule has 0 amide bonds. The van der Waals surface area contributed by atoms with Crippen LogP contribution in [0, 0.1) is 0 Å². The number of aromatic nitrogens is 3. The van der Waals surface area contributed by atoms with Crippen LogP contribution in [0.25, 0.3) is 5.65 Å². The molecule has 1 atom stereocenters. The van der Waals surface area contributed by atoms with E-state index in [9.17, 15) is 21.6 Å². The second kappa shape index (κ2) is 7.51. The average molecular weight is 431 g/mol. The number of hydrogen-bond donors (Lipinski definition) is 0. The van der Waals surface area contributed by atoms with E-state index in [1.165, 1.54) is 8.61 Å². The molecule has 0 unspecified atom stereocenters. The van der Waals surface area contributed by atoms with Crippen LogP contribution in [-0.4, -0.2) is 57.8 Å². The van der Waals surface area contributed by atoms with Crippen molar-refractivity contribution in [3.8, 4) is 0 Å². The fourth-order valence-electron chi connectivity index (χ4n) is 4.10. The molecule has 0 aliphatic carbocycles. The van der Waals surface area contributed by atoms with E-state index in [-0.39, 0.29) is 18.1 Å². The summed E-state index contributed by atoms with van der Waals surface area (Å²) in [6, 6.07) is 2.58. The van der Waals surface area contributed by atoms with Crippen molar-refractivity contribution in [2.24, 2.45) is 0 Å². The molecule has 0 bridgehead atoms. The number of alkyl halides is 3. The molecule has 160 valence electrons. The van der Waals surface area contributed by atoms with Gasteiger partial charge in [-0.1, -0.05) is 6.92 Å². The van der Waals surface area contributed by atoms with Crippen LogP contribution < -0.4 is 0 Å². The molecule has 2 aliphatic rings. The quantitative estimate of drug-likeness (QED) is 0.747. The number of fused-ring (bicyclic) bond motifs is 1. The summed E-state index contributed by atoms with van der Waals surface area (Å²) < 4.78 is 70.0. The summed E-state index contributed by atoms with van der Waals surface area (Å²) >= 11 is 0. The van der Waals surface area contributed by atoms with Crippen molar-refractivity contribution in [2.75, 3.05) is 26.2 Å². The molecule has 2 saturated heterocycles. The van der Waals surface area contributed by atoms with Crippen molar-refractivity contribution < 1.29 is 21.6 Å². The molecule has 2 fully saturated rings. The van der Waals surface area contributed by atoms with Crippen LogP contribution in [0.3, 0.4) is 0 Å². The number of nitrogens with zero attached hydrogens (tertiary/aromatic N) is 5. The maximum Gasteiger partial charge on any atom is 0.433 e. The molecule has 2 aliphatic heterocycles. The SMILES string of the molecule is CCc1cc(C(F)(F)F)n2nc([C@H]3CCCN(S(=O)(=O)N4CCCC4)C3)cc2n1. The second-order valence-electron chi connectivity index (χ2n) is 7.63. The highest BCUT2D eigenvalue weighted by atomic mass is 32.2. The summed E-state index contributed by atoms with van der Waals surface area (Å²) in [6.07, 6.45) is -1.14. The minimum atomic E-state index is -4.55. The molecule has 0 aromatic carbocycles. The standard InChI is InChI=1S/C18H24F3N5O2S/c1-2-14-10-16(18(19,20)21)26-17(22-14)11-15(23-26)13-6-5-9-25(12-13)29(27,28)24-7-3-4-8-24/h10-11,13H,2-9,12H2,1H3/t13-/m0/s1. The number of halogens is 3. The van der Waals surface area contributed by atoms with Gasteiger partial charge in [-0.3, -0.25) is 0 Å². The van der Waals surface area contributed by atoms with Crippen LogP contribution in [0.2, 0.25) is 0 Å². The van der Waals surface area contributed by atoms with Crippen LogP contribution in [0.1, 0.15) is 55.6 Å². The summed E-state index contributed by atoms with van der Waals surface area (Å²) in [7, 11) is -3.54. The van der Waals surface area contributed by atoms with E-state index < -0.39 is 22.1 Å². The Balaban J connectivity index is 1.66. The van der Waals surface area contributed by atoms with Gasteiger partial charge in [0.15, 0.2) is 5.65 Å². The Hall–Kier alpha value is -1.72. The Morgan fingerprint density at radius 1 is 1.10 bits per heavy atom. The Morgan fingerprint density at radius 2 is 1.79 bits per heavy atom. The Morgan fingerprint density at radius 3 is 2.45 bits per heavy atom. The van der Waals surface area contributed by atoms with Gasteiger partial charge in [0.2, 0.25) is 0 Å². The molecule has 4 heterocycles. The summed E-state index contributed by atoms with van der Waals surface area (Å²) in [6.45, 7) is 3.45. The zero-order chi connectivity index (χ0) is 20.8. The molecule has 29 heavy (non-hydrogen) atoms. The maximum atomic E-state index is 13.5. The van der Waals surface area contributed by atoms with Crippen molar-refractivity contribution in [3.05, 3.63) is 29.2 Å². The van der Waals surface area contributed by atoms with Gasteiger partial charge in [0.05, 0.1) is 5.69 Å². The molecule has 7 nitrogen and oxygen atoms in total. The van der Waals surface area contributed by atoms with Crippen LogP contribution in [0.5, 0.6) is 0 Å². The molecule has 0 radical (unpaired) electrons. The summed E-state index contributed by atoms with van der Waals surface area (Å²) in [5.74, 6) is -0.256. The highest BCUT2D eigenvalue weighted by Gasteiger charge is 2.38. The van der Waals surface area contributed by atoms with Gasteiger partial charge < -0.3 is 0 Å². The van der Waals surface area contributed by atoms with Gasteiger partial charge in [0, 0.05) is 43.9 Å². The monoisotopic (exact) mass is 431 g/mol. The molecule has 0 saturated carbocycles. The predicted octanol–water partition coefficient (Wildman–Crippen LogP) is 2.83. The first-order valence-corrected chi connectivity index (χ1v) is 11.3. The third-order valence-corrected chi connectivity index (χ3v) is 7.67. The van der Waals surface area contributed by atoms with Crippen LogP contribution in [-0.2, 0) is 22.8 Å². The highest BCUT2D eigenvalue weighted by molar-refractivity contribution is 7.86. The molecule has 0 spiro atoms. The zero-order valence-corrected chi connectivity index (χ0v) is 17.0. The Bertz CT molecular complexity index is 999. The average Bonchev–Trinajstić information content (AvgIpc) is 3.36. The minimum Gasteiger partial charge on any atom is -0.234 e. The lowest BCUT2D eigenvalue weighted by Gasteiger charge is -2.33. The van der Waals surface area contributed by atoms with Gasteiger partial charge in [0.1, 0.15) is 5.69 Å². The van der Waals surface area contributed by atoms with Gasteiger partial charge >= 0.3 is 6.18 Å². The van der Waals surface area contributed by atoms with Crippen molar-refractivity contribution in [2.45, 2.75) is 51.1 Å². The Labute approximate surface area is 167 Å². The van der Waals surface area contributed by atoms with Gasteiger partial charge in [-0.2, -0.15) is 35.3 Å². The molecule has 11 heteroatoms. The van der Waals surface area contributed by atoms with Crippen LogP contribution in [0.15, 0.2) is 12.1 Å². The first-order valence-electron chi connectivity index (χ1n) is 9.92. The zero-order valence-electron chi connectivity index (χ0n) is 16.2. The van der Waals surface area contributed by atoms with Gasteiger partial charge in [-0.15, -0.1) is 0 Å². The highest BCUT2D eigenvalue weighted by Crippen LogP contribution is 2.33. The molecule has 0 N–H and O–H groups in total. The van der Waals surface area contributed by atoms with Gasteiger partial charge in [-0.25, -0.2) is 9.50 Å². The topological polar surface area (TPSA) is 70.8 Å². The molecule has 2 aromatic rings. The number of rotatable bonds is 4. The molecule has 2 aromatic heterocycles. The number of piperidine rings is 1. The second-order valence-corrected chi connectivity index (χ2v) is 9.56. The van der Waals surface area contributed by atoms with Crippen molar-refractivity contribution in [3.63, 3.8) is 0 Å². The third-order valence-electron chi connectivity index (χ3n) is 5.67. The first-order chi connectivity index (χ1) is 13.7. The predicted molar refractivity (Wildman–Crippen MR) is 101 cm³/mol. The number of hydrogen-bond acceptors (Lipinski definition) is 4. The van der Waals surface area contributed by atoms with Crippen molar-refractivity contribution in [1.82, 2.24) is 23.2 Å². The lowest BCUT2D eigenvalue weighted by atomic mass is 9.96. The molecular weight excluding hydrogens is 407 g/mol. The van der Waals surface area contributed by atoms with Crippen molar-refractivity contribution in [1.29, 1.82) is 0 Å². The smallest absolute Gasteiger partial charge is 0.234 e. The summed E-state index contributed by atoms with van der Waals surface area (Å²) in [5.41, 5.74) is 0.0879. The van der Waals surface area contributed by atoms with E-state index >= 15 is 0 Å². The number of aryl methyl sites for hydroxylation is 1. The molecular formula is C18H24F3N5O2S. The fourth-order valence-corrected chi connectivity index (χ4v) is 5.88.